The van der Waals surface area contributed by atoms with E-state index in [1.54, 1.807) is 19.6 Å². The Morgan fingerprint density at radius 1 is 0.968 bits per heavy atom. The van der Waals surface area contributed by atoms with Gasteiger partial charge in [-0.1, -0.05) is 23.8 Å². The van der Waals surface area contributed by atoms with Crippen molar-refractivity contribution in [1.82, 2.24) is 9.97 Å². The average molecular weight is 452 g/mol. The minimum absolute atomic E-state index is 0.300. The molecule has 0 saturated carbocycles. The summed E-state index contributed by atoms with van der Waals surface area (Å²) in [5, 5.41) is 7.74. The zero-order valence-corrected chi connectivity index (χ0v) is 19.2. The highest BCUT2D eigenvalue weighted by molar-refractivity contribution is 7.14. The number of methoxy groups -OCH3 is 2. The molecule has 6 nitrogen and oxygen atoms in total. The lowest BCUT2D eigenvalue weighted by molar-refractivity contribution is 0.102. The number of aromatic nitrogens is 2. The van der Waals surface area contributed by atoms with Crippen molar-refractivity contribution in [1.29, 1.82) is 0 Å². The molecule has 158 valence electrons. The topological polar surface area (TPSA) is 73.3 Å². The minimum atomic E-state index is -0.300. The number of aryl methyl sites for hydroxylation is 2. The summed E-state index contributed by atoms with van der Waals surface area (Å²) < 4.78 is 10.8. The van der Waals surface area contributed by atoms with Gasteiger partial charge in [-0.05, 0) is 37.6 Å². The van der Waals surface area contributed by atoms with Crippen LogP contribution in [0.5, 0.6) is 11.5 Å². The van der Waals surface area contributed by atoms with Gasteiger partial charge in [0.2, 0.25) is 0 Å². The van der Waals surface area contributed by atoms with E-state index in [2.05, 4.69) is 47.3 Å². The molecule has 0 radical (unpaired) electrons. The van der Waals surface area contributed by atoms with Crippen molar-refractivity contribution in [3.05, 3.63) is 64.0 Å². The first-order valence-corrected chi connectivity index (χ1v) is 11.3. The molecule has 31 heavy (non-hydrogen) atoms. The van der Waals surface area contributed by atoms with Crippen LogP contribution < -0.4 is 14.8 Å². The van der Waals surface area contributed by atoms with Gasteiger partial charge in [0.05, 0.1) is 25.5 Å². The first kappa shape index (κ1) is 21.0. The van der Waals surface area contributed by atoms with Crippen LogP contribution in [0, 0.1) is 13.8 Å². The number of para-hydroxylation sites is 1. The number of benzene rings is 2. The molecule has 1 N–H and O–H groups in total. The van der Waals surface area contributed by atoms with Crippen molar-refractivity contribution in [3.8, 4) is 33.3 Å². The third-order valence-electron chi connectivity index (χ3n) is 4.76. The van der Waals surface area contributed by atoms with Gasteiger partial charge in [0.25, 0.3) is 5.91 Å². The summed E-state index contributed by atoms with van der Waals surface area (Å²) in [5.74, 6) is 0.901. The molecule has 2 aromatic heterocycles. The lowest BCUT2D eigenvalue weighted by Crippen LogP contribution is -2.12. The summed E-state index contributed by atoms with van der Waals surface area (Å²) in [6, 6.07) is 11.8. The quantitative estimate of drug-likeness (QED) is 0.400. The van der Waals surface area contributed by atoms with Gasteiger partial charge in [-0.3, -0.25) is 10.1 Å². The van der Waals surface area contributed by atoms with Crippen molar-refractivity contribution in [2.45, 2.75) is 13.8 Å². The Labute approximate surface area is 188 Å². The fourth-order valence-electron chi connectivity index (χ4n) is 3.19. The van der Waals surface area contributed by atoms with E-state index in [9.17, 15) is 4.79 Å². The summed E-state index contributed by atoms with van der Waals surface area (Å²) in [5.41, 5.74) is 5.33. The molecule has 0 aliphatic heterocycles. The normalized spacial score (nSPS) is 10.7. The third kappa shape index (κ3) is 4.30. The van der Waals surface area contributed by atoms with Gasteiger partial charge in [-0.25, -0.2) is 9.97 Å². The van der Waals surface area contributed by atoms with E-state index in [4.69, 9.17) is 9.47 Å². The Morgan fingerprint density at radius 3 is 2.58 bits per heavy atom. The first-order chi connectivity index (χ1) is 15.0. The van der Waals surface area contributed by atoms with Crippen LogP contribution >= 0.6 is 22.7 Å². The fourth-order valence-corrected chi connectivity index (χ4v) is 4.71. The van der Waals surface area contributed by atoms with E-state index in [0.717, 1.165) is 22.4 Å². The number of rotatable bonds is 6. The second-order valence-electron chi connectivity index (χ2n) is 6.89. The maximum atomic E-state index is 12.7. The summed E-state index contributed by atoms with van der Waals surface area (Å²) in [6.45, 7) is 4.10. The fraction of sp³-hybridized carbons (Fsp3) is 0.174. The first-order valence-electron chi connectivity index (χ1n) is 9.51. The number of amides is 1. The number of ether oxygens (including phenoxy) is 2. The van der Waals surface area contributed by atoms with Gasteiger partial charge in [0.1, 0.15) is 10.7 Å². The van der Waals surface area contributed by atoms with E-state index in [0.29, 0.717) is 27.3 Å². The van der Waals surface area contributed by atoms with Crippen molar-refractivity contribution < 1.29 is 14.3 Å². The van der Waals surface area contributed by atoms with Crippen LogP contribution in [0.1, 0.15) is 21.6 Å². The lowest BCUT2D eigenvalue weighted by atomic mass is 10.0. The van der Waals surface area contributed by atoms with E-state index >= 15 is 0 Å². The van der Waals surface area contributed by atoms with Crippen LogP contribution in [0.3, 0.4) is 0 Å². The predicted octanol–water partition coefficient (Wildman–Crippen LogP) is 5.82. The molecule has 4 aromatic rings. The molecule has 1 amide bonds. The predicted molar refractivity (Wildman–Crippen MR) is 126 cm³/mol. The largest absolute Gasteiger partial charge is 0.493 e. The molecule has 0 fully saturated rings. The van der Waals surface area contributed by atoms with Crippen molar-refractivity contribution in [2.24, 2.45) is 0 Å². The number of hydrogen-bond donors (Lipinski definition) is 1. The number of nitrogens with one attached hydrogen (secondary N) is 1. The van der Waals surface area contributed by atoms with Gasteiger partial charge < -0.3 is 9.47 Å². The second-order valence-corrected chi connectivity index (χ2v) is 8.61. The second kappa shape index (κ2) is 8.87. The Hall–Kier alpha value is -3.23. The molecule has 0 aliphatic carbocycles. The minimum Gasteiger partial charge on any atom is -0.493 e. The number of carbonyl (C=O) groups is 1. The van der Waals surface area contributed by atoms with Gasteiger partial charge in [0.15, 0.2) is 16.6 Å². The molecule has 0 aliphatic rings. The number of carbonyl (C=O) groups excluding carboxylic acids is 1. The van der Waals surface area contributed by atoms with Gasteiger partial charge in [-0.2, -0.15) is 0 Å². The maximum absolute atomic E-state index is 12.7. The van der Waals surface area contributed by atoms with Crippen molar-refractivity contribution >= 4 is 33.7 Å². The molecular formula is C23H21N3O3S2. The smallest absolute Gasteiger partial charge is 0.276 e. The van der Waals surface area contributed by atoms with Gasteiger partial charge in [0, 0.05) is 16.3 Å². The third-order valence-corrected chi connectivity index (χ3v) is 6.40. The van der Waals surface area contributed by atoms with E-state index in [1.165, 1.54) is 28.2 Å². The summed E-state index contributed by atoms with van der Waals surface area (Å²) in [4.78, 5) is 21.8. The summed E-state index contributed by atoms with van der Waals surface area (Å²) in [6.07, 6.45) is 0. The van der Waals surface area contributed by atoms with Crippen LogP contribution in [0.2, 0.25) is 0 Å². The maximum Gasteiger partial charge on any atom is 0.276 e. The van der Waals surface area contributed by atoms with E-state index in [1.807, 2.05) is 23.6 Å². The molecule has 0 spiro atoms. The Bertz CT molecular complexity index is 1250. The van der Waals surface area contributed by atoms with Gasteiger partial charge in [-0.15, -0.1) is 22.7 Å². The average Bonchev–Trinajstić information content (AvgIpc) is 3.44. The SMILES string of the molecule is COc1cccc(-c2nc(C(=O)Nc3nc(-c4cc(C)ccc4C)cs3)cs2)c1OC. The zero-order valence-electron chi connectivity index (χ0n) is 17.6. The van der Waals surface area contributed by atoms with E-state index < -0.39 is 0 Å². The molecule has 0 atom stereocenters. The molecule has 2 heterocycles. The van der Waals surface area contributed by atoms with Crippen LogP contribution in [-0.4, -0.2) is 30.1 Å². The van der Waals surface area contributed by atoms with Crippen molar-refractivity contribution in [3.63, 3.8) is 0 Å². The highest BCUT2D eigenvalue weighted by atomic mass is 32.1. The molecule has 8 heteroatoms. The highest BCUT2D eigenvalue weighted by Gasteiger charge is 2.18. The lowest BCUT2D eigenvalue weighted by Gasteiger charge is -2.10. The monoisotopic (exact) mass is 451 g/mol. The highest BCUT2D eigenvalue weighted by Crippen LogP contribution is 2.39. The molecule has 2 aromatic carbocycles. The molecular weight excluding hydrogens is 430 g/mol. The number of hydrogen-bond acceptors (Lipinski definition) is 7. The van der Waals surface area contributed by atoms with E-state index in [-0.39, 0.29) is 5.91 Å². The number of nitrogens with zero attached hydrogens (tertiary/aromatic N) is 2. The standard InChI is InChI=1S/C23H21N3O3S2/c1-13-8-9-14(2)16(10-13)17-11-31-23(25-17)26-21(27)18-12-30-22(24-18)15-6-5-7-19(28-3)20(15)29-4/h5-12H,1-4H3,(H,25,26,27). The molecule has 0 bridgehead atoms. The van der Waals surface area contributed by atoms with Crippen LogP contribution in [0.15, 0.2) is 47.2 Å². The van der Waals surface area contributed by atoms with Crippen LogP contribution in [0.25, 0.3) is 21.8 Å². The number of thiazole rings is 2. The Kier molecular flexibility index (Phi) is 6.01. The Balaban J connectivity index is 1.55. The van der Waals surface area contributed by atoms with Gasteiger partial charge >= 0.3 is 0 Å². The molecule has 0 saturated heterocycles. The molecule has 4 rings (SSSR count). The van der Waals surface area contributed by atoms with Crippen LogP contribution in [-0.2, 0) is 0 Å². The molecule has 0 unspecified atom stereocenters. The van der Waals surface area contributed by atoms with Crippen molar-refractivity contribution in [2.75, 3.05) is 19.5 Å². The summed E-state index contributed by atoms with van der Waals surface area (Å²) in [7, 11) is 3.17. The summed E-state index contributed by atoms with van der Waals surface area (Å²) >= 11 is 2.76. The Morgan fingerprint density at radius 2 is 1.81 bits per heavy atom. The van der Waals surface area contributed by atoms with Crippen LogP contribution in [0.4, 0.5) is 5.13 Å². The number of anilines is 1. The zero-order chi connectivity index (χ0) is 22.0.